The van der Waals surface area contributed by atoms with E-state index in [1.165, 1.54) is 4.31 Å². The zero-order valence-corrected chi connectivity index (χ0v) is 15.1. The van der Waals surface area contributed by atoms with Gasteiger partial charge in [0.25, 0.3) is 5.91 Å². The molecule has 0 atom stereocenters. The number of anilines is 2. The molecule has 2 aromatic carbocycles. The molecular weight excluding hydrogens is 324 g/mol. The molecule has 6 heteroatoms. The molecule has 2 rings (SSSR count). The van der Waals surface area contributed by atoms with E-state index >= 15 is 0 Å². The minimum atomic E-state index is -3.33. The van der Waals surface area contributed by atoms with Crippen molar-refractivity contribution in [3.63, 3.8) is 0 Å². The Hall–Kier alpha value is -2.34. The Morgan fingerprint density at radius 2 is 1.71 bits per heavy atom. The second-order valence-corrected chi connectivity index (χ2v) is 7.65. The normalized spacial score (nSPS) is 11.2. The minimum absolute atomic E-state index is 0.224. The molecule has 0 radical (unpaired) electrons. The van der Waals surface area contributed by atoms with Crippen LogP contribution in [0.3, 0.4) is 0 Å². The van der Waals surface area contributed by atoms with Gasteiger partial charge in [0, 0.05) is 17.8 Å². The Labute approximate surface area is 143 Å². The van der Waals surface area contributed by atoms with E-state index in [4.69, 9.17) is 0 Å². The number of amides is 1. The molecule has 1 N–H and O–H groups in total. The van der Waals surface area contributed by atoms with Gasteiger partial charge in [-0.15, -0.1) is 0 Å². The summed E-state index contributed by atoms with van der Waals surface area (Å²) >= 11 is 0. The van der Waals surface area contributed by atoms with Crippen LogP contribution in [0, 0.1) is 13.8 Å². The van der Waals surface area contributed by atoms with Crippen molar-refractivity contribution >= 4 is 27.3 Å². The van der Waals surface area contributed by atoms with Crippen molar-refractivity contribution in [2.24, 2.45) is 0 Å². The average Bonchev–Trinajstić information content (AvgIpc) is 2.51. The predicted molar refractivity (Wildman–Crippen MR) is 98.2 cm³/mol. The lowest BCUT2D eigenvalue weighted by Gasteiger charge is -2.20. The van der Waals surface area contributed by atoms with E-state index in [0.717, 1.165) is 23.1 Å². The number of carbonyl (C=O) groups excluding carboxylic acids is 1. The first-order valence-electron chi connectivity index (χ1n) is 7.68. The third kappa shape index (κ3) is 4.14. The number of benzene rings is 2. The summed E-state index contributed by atoms with van der Waals surface area (Å²) in [5.41, 5.74) is 3.85. The van der Waals surface area contributed by atoms with E-state index in [9.17, 15) is 13.2 Å². The maximum atomic E-state index is 12.4. The van der Waals surface area contributed by atoms with Gasteiger partial charge in [-0.25, -0.2) is 8.42 Å². The molecule has 0 spiro atoms. The first-order valence-corrected chi connectivity index (χ1v) is 9.53. The lowest BCUT2D eigenvalue weighted by Crippen LogP contribution is -2.29. The van der Waals surface area contributed by atoms with Gasteiger partial charge in [0.15, 0.2) is 0 Å². The molecule has 0 fully saturated rings. The van der Waals surface area contributed by atoms with Crippen LogP contribution in [0.4, 0.5) is 11.4 Å². The molecule has 1 amide bonds. The van der Waals surface area contributed by atoms with Crippen LogP contribution in [0.2, 0.25) is 0 Å². The molecule has 0 aromatic heterocycles. The highest BCUT2D eigenvalue weighted by Crippen LogP contribution is 2.20. The van der Waals surface area contributed by atoms with Gasteiger partial charge >= 0.3 is 0 Å². The fourth-order valence-electron chi connectivity index (χ4n) is 2.45. The minimum Gasteiger partial charge on any atom is -0.322 e. The molecule has 0 saturated carbocycles. The zero-order chi connectivity index (χ0) is 17.9. The molecule has 5 nitrogen and oxygen atoms in total. The Balaban J connectivity index is 2.21. The van der Waals surface area contributed by atoms with Crippen LogP contribution in [0.15, 0.2) is 42.5 Å². The van der Waals surface area contributed by atoms with E-state index in [1.807, 2.05) is 32.0 Å². The summed E-state index contributed by atoms with van der Waals surface area (Å²) in [7, 11) is -3.33. The van der Waals surface area contributed by atoms with Crippen molar-refractivity contribution < 1.29 is 13.2 Å². The number of aryl methyl sites for hydroxylation is 2. The standard InChI is InChI=1S/C18H22N2O3S/c1-5-20(24(4,22)23)16-10-8-15(9-11-16)18(21)19-17-12-13(2)6-7-14(17)3/h6-12H,5H2,1-4H3,(H,19,21). The van der Waals surface area contributed by atoms with Crippen molar-refractivity contribution in [1.82, 2.24) is 0 Å². The second kappa shape index (κ2) is 7.05. The van der Waals surface area contributed by atoms with E-state index in [-0.39, 0.29) is 5.91 Å². The maximum absolute atomic E-state index is 12.4. The maximum Gasteiger partial charge on any atom is 0.255 e. The Morgan fingerprint density at radius 3 is 2.25 bits per heavy atom. The Kier molecular flexibility index (Phi) is 5.29. The van der Waals surface area contributed by atoms with Crippen LogP contribution in [-0.4, -0.2) is 27.1 Å². The molecule has 0 unspecified atom stereocenters. The van der Waals surface area contributed by atoms with Crippen molar-refractivity contribution in [3.8, 4) is 0 Å². The van der Waals surface area contributed by atoms with Gasteiger partial charge in [0.1, 0.15) is 0 Å². The third-order valence-electron chi connectivity index (χ3n) is 3.75. The molecule has 0 saturated heterocycles. The van der Waals surface area contributed by atoms with E-state index in [1.54, 1.807) is 31.2 Å². The number of nitrogens with zero attached hydrogens (tertiary/aromatic N) is 1. The van der Waals surface area contributed by atoms with Gasteiger partial charge in [0.05, 0.1) is 11.9 Å². The van der Waals surface area contributed by atoms with Crippen LogP contribution in [0.1, 0.15) is 28.4 Å². The number of hydrogen-bond donors (Lipinski definition) is 1. The topological polar surface area (TPSA) is 66.5 Å². The van der Waals surface area contributed by atoms with Crippen molar-refractivity contribution in [2.75, 3.05) is 22.4 Å². The molecule has 24 heavy (non-hydrogen) atoms. The predicted octanol–water partition coefficient (Wildman–Crippen LogP) is 3.34. The van der Waals surface area contributed by atoms with Gasteiger partial charge < -0.3 is 5.32 Å². The highest BCUT2D eigenvalue weighted by Gasteiger charge is 2.16. The highest BCUT2D eigenvalue weighted by atomic mass is 32.2. The molecule has 0 bridgehead atoms. The Bertz CT molecular complexity index is 843. The molecule has 2 aromatic rings. The lowest BCUT2D eigenvalue weighted by molar-refractivity contribution is 0.102. The second-order valence-electron chi connectivity index (χ2n) is 5.75. The number of hydrogen-bond acceptors (Lipinski definition) is 3. The molecule has 0 heterocycles. The highest BCUT2D eigenvalue weighted by molar-refractivity contribution is 7.92. The quantitative estimate of drug-likeness (QED) is 0.903. The number of sulfonamides is 1. The lowest BCUT2D eigenvalue weighted by atomic mass is 10.1. The fraction of sp³-hybridized carbons (Fsp3) is 0.278. The van der Waals surface area contributed by atoms with E-state index in [2.05, 4.69) is 5.32 Å². The summed E-state index contributed by atoms with van der Waals surface area (Å²) < 4.78 is 24.8. The van der Waals surface area contributed by atoms with Crippen molar-refractivity contribution in [3.05, 3.63) is 59.2 Å². The average molecular weight is 346 g/mol. The van der Waals surface area contributed by atoms with Gasteiger partial charge in [-0.3, -0.25) is 9.10 Å². The molecule has 0 aliphatic heterocycles. The van der Waals surface area contributed by atoms with Crippen LogP contribution >= 0.6 is 0 Å². The van der Waals surface area contributed by atoms with Crippen LogP contribution in [0.25, 0.3) is 0 Å². The molecular formula is C18H22N2O3S. The summed E-state index contributed by atoms with van der Waals surface area (Å²) in [6.07, 6.45) is 1.16. The smallest absolute Gasteiger partial charge is 0.255 e. The van der Waals surface area contributed by atoms with Crippen molar-refractivity contribution in [1.29, 1.82) is 0 Å². The summed E-state index contributed by atoms with van der Waals surface area (Å²) in [5, 5.41) is 2.89. The molecule has 0 aliphatic carbocycles. The van der Waals surface area contributed by atoms with E-state index in [0.29, 0.717) is 17.8 Å². The fourth-order valence-corrected chi connectivity index (χ4v) is 3.43. The largest absolute Gasteiger partial charge is 0.322 e. The first kappa shape index (κ1) is 18.0. The van der Waals surface area contributed by atoms with Crippen LogP contribution in [-0.2, 0) is 10.0 Å². The Morgan fingerprint density at radius 1 is 1.08 bits per heavy atom. The SMILES string of the molecule is CCN(c1ccc(C(=O)Nc2cc(C)ccc2C)cc1)S(C)(=O)=O. The van der Waals surface area contributed by atoms with Gasteiger partial charge in [-0.2, -0.15) is 0 Å². The van der Waals surface area contributed by atoms with E-state index < -0.39 is 10.0 Å². The number of nitrogens with one attached hydrogen (secondary N) is 1. The number of carbonyl (C=O) groups is 1. The van der Waals surface area contributed by atoms with Gasteiger partial charge in [-0.05, 0) is 62.2 Å². The molecule has 128 valence electrons. The third-order valence-corrected chi connectivity index (χ3v) is 5.02. The summed E-state index contributed by atoms with van der Waals surface area (Å²) in [4.78, 5) is 12.4. The monoisotopic (exact) mass is 346 g/mol. The van der Waals surface area contributed by atoms with Crippen molar-refractivity contribution in [2.45, 2.75) is 20.8 Å². The van der Waals surface area contributed by atoms with Gasteiger partial charge in [0.2, 0.25) is 10.0 Å². The summed E-state index contributed by atoms with van der Waals surface area (Å²) in [5.74, 6) is -0.224. The summed E-state index contributed by atoms with van der Waals surface area (Å²) in [6.45, 7) is 6.01. The first-order chi connectivity index (χ1) is 11.2. The summed E-state index contributed by atoms with van der Waals surface area (Å²) in [6, 6.07) is 12.4. The van der Waals surface area contributed by atoms with Gasteiger partial charge in [-0.1, -0.05) is 12.1 Å². The van der Waals surface area contributed by atoms with Crippen LogP contribution < -0.4 is 9.62 Å². The molecule has 0 aliphatic rings. The van der Waals surface area contributed by atoms with Crippen LogP contribution in [0.5, 0.6) is 0 Å². The number of rotatable bonds is 5. The zero-order valence-electron chi connectivity index (χ0n) is 14.3.